The van der Waals surface area contributed by atoms with Gasteiger partial charge in [-0.2, -0.15) is 5.10 Å². The molecule has 0 unspecified atom stereocenters. The summed E-state index contributed by atoms with van der Waals surface area (Å²) in [4.78, 5) is 41.1. The third kappa shape index (κ3) is 4.48. The molecule has 0 aliphatic heterocycles. The third-order valence-electron chi connectivity index (χ3n) is 2.99. The summed E-state index contributed by atoms with van der Waals surface area (Å²) in [7, 11) is 0. The zero-order valence-corrected chi connectivity index (χ0v) is 12.2. The Kier molecular flexibility index (Phi) is 5.58. The fourth-order valence-electron chi connectivity index (χ4n) is 1.82. The number of unbranched alkanes of at least 4 members (excludes halogenated alkanes) is 1. The molecule has 0 aromatic carbocycles. The number of nitrogens with one attached hydrogen (secondary N) is 3. The summed E-state index contributed by atoms with van der Waals surface area (Å²) in [6, 6.07) is 1.68. The van der Waals surface area contributed by atoms with Gasteiger partial charge in [-0.15, -0.1) is 0 Å². The first-order chi connectivity index (χ1) is 11.1. The number of carbonyl (C=O) groups excluding carboxylic acids is 2. The van der Waals surface area contributed by atoms with Crippen LogP contribution in [0.25, 0.3) is 5.95 Å². The molecule has 10 heteroatoms. The Balaban J connectivity index is 1.88. The molecule has 0 bridgehead atoms. The van der Waals surface area contributed by atoms with Gasteiger partial charge in [-0.05, 0) is 18.9 Å². The van der Waals surface area contributed by atoms with E-state index in [1.54, 1.807) is 12.3 Å². The van der Waals surface area contributed by atoms with Crippen LogP contribution in [0.2, 0.25) is 0 Å². The van der Waals surface area contributed by atoms with Crippen molar-refractivity contribution in [2.75, 3.05) is 6.54 Å². The number of hydrogen-bond acceptors (Lipinski definition) is 6. The number of amides is 2. The number of hydrogen-bond donors (Lipinski definition) is 4. The molecule has 4 N–H and O–H groups in total. The van der Waals surface area contributed by atoms with Gasteiger partial charge in [0.2, 0.25) is 11.9 Å². The van der Waals surface area contributed by atoms with Crippen molar-refractivity contribution in [2.45, 2.75) is 19.3 Å². The van der Waals surface area contributed by atoms with Gasteiger partial charge in [0, 0.05) is 31.6 Å². The summed E-state index contributed by atoms with van der Waals surface area (Å²) in [5, 5.41) is 14.8. The highest BCUT2D eigenvalue weighted by molar-refractivity contribution is 5.93. The summed E-state index contributed by atoms with van der Waals surface area (Å²) >= 11 is 0. The van der Waals surface area contributed by atoms with Crippen LogP contribution in [0.15, 0.2) is 29.5 Å². The van der Waals surface area contributed by atoms with Gasteiger partial charge in [0.25, 0.3) is 11.5 Å². The van der Waals surface area contributed by atoms with E-state index >= 15 is 0 Å². The molecule has 0 aliphatic rings. The van der Waals surface area contributed by atoms with Crippen molar-refractivity contribution < 1.29 is 14.8 Å². The van der Waals surface area contributed by atoms with Crippen LogP contribution in [0.5, 0.6) is 0 Å². The lowest BCUT2D eigenvalue weighted by atomic mass is 10.2. The zero-order valence-electron chi connectivity index (χ0n) is 12.2. The van der Waals surface area contributed by atoms with Gasteiger partial charge in [0.15, 0.2) is 0 Å². The number of carbonyl (C=O) groups is 2. The molecule has 10 nitrogen and oxygen atoms in total. The molecule has 0 spiro atoms. The van der Waals surface area contributed by atoms with Gasteiger partial charge in [-0.3, -0.25) is 24.6 Å². The van der Waals surface area contributed by atoms with Crippen LogP contribution in [0, 0.1) is 0 Å². The first-order valence-corrected chi connectivity index (χ1v) is 6.92. The van der Waals surface area contributed by atoms with Crippen molar-refractivity contribution in [3.8, 4) is 5.95 Å². The highest BCUT2D eigenvalue weighted by Crippen LogP contribution is 1.97. The molecule has 2 amide bonds. The quantitative estimate of drug-likeness (QED) is 0.304. The Labute approximate surface area is 130 Å². The molecular weight excluding hydrogens is 304 g/mol. The van der Waals surface area contributed by atoms with E-state index in [1.165, 1.54) is 22.6 Å². The fraction of sp³-hybridized carbons (Fsp3) is 0.308. The van der Waals surface area contributed by atoms with Gasteiger partial charge in [0.1, 0.15) is 5.56 Å². The Bertz CT molecular complexity index is 724. The molecule has 23 heavy (non-hydrogen) atoms. The van der Waals surface area contributed by atoms with Gasteiger partial charge in [-0.25, -0.2) is 15.1 Å². The zero-order chi connectivity index (χ0) is 16.7. The van der Waals surface area contributed by atoms with Crippen LogP contribution in [0.1, 0.15) is 29.6 Å². The number of aromatic nitrogens is 4. The van der Waals surface area contributed by atoms with E-state index in [0.29, 0.717) is 19.4 Å². The van der Waals surface area contributed by atoms with Crippen molar-refractivity contribution in [3.63, 3.8) is 0 Å². The molecule has 2 aromatic heterocycles. The highest BCUT2D eigenvalue weighted by Gasteiger charge is 2.12. The second kappa shape index (κ2) is 7.84. The second-order valence-corrected chi connectivity index (χ2v) is 4.65. The maximum atomic E-state index is 11.9. The van der Waals surface area contributed by atoms with Crippen LogP contribution in [0.4, 0.5) is 0 Å². The van der Waals surface area contributed by atoms with E-state index in [2.05, 4.69) is 20.4 Å². The number of hydroxylamine groups is 1. The van der Waals surface area contributed by atoms with Crippen LogP contribution in [0.3, 0.4) is 0 Å². The number of rotatable bonds is 7. The Morgan fingerprint density at radius 2 is 2.17 bits per heavy atom. The molecule has 2 aromatic rings. The predicted molar refractivity (Wildman–Crippen MR) is 78.1 cm³/mol. The summed E-state index contributed by atoms with van der Waals surface area (Å²) in [6.07, 6.45) is 5.53. The largest absolute Gasteiger partial charge is 0.352 e. The third-order valence-corrected chi connectivity index (χ3v) is 2.99. The van der Waals surface area contributed by atoms with Gasteiger partial charge < -0.3 is 5.32 Å². The average Bonchev–Trinajstić information content (AvgIpc) is 3.08. The van der Waals surface area contributed by atoms with E-state index in [9.17, 15) is 14.4 Å². The average molecular weight is 320 g/mol. The van der Waals surface area contributed by atoms with Crippen LogP contribution in [-0.4, -0.2) is 43.3 Å². The Morgan fingerprint density at radius 1 is 1.35 bits per heavy atom. The minimum absolute atomic E-state index is 0.103. The summed E-state index contributed by atoms with van der Waals surface area (Å²) in [5.41, 5.74) is 0.858. The summed E-state index contributed by atoms with van der Waals surface area (Å²) in [6.45, 7) is 0.303. The monoisotopic (exact) mass is 320 g/mol. The van der Waals surface area contributed by atoms with Crippen LogP contribution >= 0.6 is 0 Å². The number of H-pyrrole nitrogens is 1. The number of nitrogens with zero attached hydrogens (tertiary/aromatic N) is 3. The molecule has 0 saturated heterocycles. The van der Waals surface area contributed by atoms with E-state index in [4.69, 9.17) is 5.21 Å². The van der Waals surface area contributed by atoms with Crippen molar-refractivity contribution in [1.82, 2.24) is 30.5 Å². The van der Waals surface area contributed by atoms with Crippen molar-refractivity contribution >= 4 is 11.8 Å². The topological polar surface area (TPSA) is 142 Å². The first-order valence-electron chi connectivity index (χ1n) is 6.92. The smallest absolute Gasteiger partial charge is 0.265 e. The molecule has 2 heterocycles. The lowest BCUT2D eigenvalue weighted by Crippen LogP contribution is -2.31. The summed E-state index contributed by atoms with van der Waals surface area (Å²) < 4.78 is 1.37. The van der Waals surface area contributed by atoms with Crippen molar-refractivity contribution in [1.29, 1.82) is 0 Å². The van der Waals surface area contributed by atoms with Crippen molar-refractivity contribution in [2.24, 2.45) is 0 Å². The van der Waals surface area contributed by atoms with Gasteiger partial charge >= 0.3 is 0 Å². The molecule has 0 aliphatic carbocycles. The first kappa shape index (κ1) is 16.4. The van der Waals surface area contributed by atoms with E-state index in [1.807, 2.05) is 0 Å². The van der Waals surface area contributed by atoms with Gasteiger partial charge in [-0.1, -0.05) is 0 Å². The maximum Gasteiger partial charge on any atom is 0.265 e. The lowest BCUT2D eigenvalue weighted by Gasteiger charge is -2.05. The predicted octanol–water partition coefficient (Wildman–Crippen LogP) is -0.639. The fourth-order valence-corrected chi connectivity index (χ4v) is 1.82. The SMILES string of the molecule is O=C(CCCCNC(=O)c1cnc(-n2cccn2)[nH]c1=O)NO. The van der Waals surface area contributed by atoms with Crippen LogP contribution in [-0.2, 0) is 4.79 Å². The van der Waals surface area contributed by atoms with E-state index < -0.39 is 17.4 Å². The normalized spacial score (nSPS) is 10.3. The molecule has 0 saturated carbocycles. The second-order valence-electron chi connectivity index (χ2n) is 4.65. The minimum Gasteiger partial charge on any atom is -0.352 e. The molecule has 0 fully saturated rings. The van der Waals surface area contributed by atoms with Gasteiger partial charge in [0.05, 0.1) is 0 Å². The number of aromatic amines is 1. The van der Waals surface area contributed by atoms with E-state index in [-0.39, 0.29) is 17.9 Å². The molecule has 0 radical (unpaired) electrons. The van der Waals surface area contributed by atoms with Crippen molar-refractivity contribution in [3.05, 3.63) is 40.6 Å². The summed E-state index contributed by atoms with van der Waals surface area (Å²) in [5.74, 6) is -0.810. The molecular formula is C13H16N6O4. The Morgan fingerprint density at radius 3 is 2.83 bits per heavy atom. The lowest BCUT2D eigenvalue weighted by molar-refractivity contribution is -0.129. The van der Waals surface area contributed by atoms with Crippen LogP contribution < -0.4 is 16.4 Å². The Hall–Kier alpha value is -3.01. The molecule has 122 valence electrons. The standard InChI is InChI=1S/C13H16N6O4/c20-10(18-23)4-1-2-5-14-11(21)9-8-15-13(17-12(9)22)19-7-3-6-16-19/h3,6-8,23H,1-2,4-5H2,(H,14,21)(H,18,20)(H,15,17,22). The molecule has 2 rings (SSSR count). The highest BCUT2D eigenvalue weighted by atomic mass is 16.5. The molecule has 0 atom stereocenters. The minimum atomic E-state index is -0.567. The maximum absolute atomic E-state index is 11.9. The van der Waals surface area contributed by atoms with E-state index in [0.717, 1.165) is 0 Å².